The molecule has 2 heterocycles. The summed E-state index contributed by atoms with van der Waals surface area (Å²) in [4.78, 5) is 4.37. The smallest absolute Gasteiger partial charge is 0.180 e. The summed E-state index contributed by atoms with van der Waals surface area (Å²) in [6, 6.07) is 0. The number of anilines is 1. The zero-order chi connectivity index (χ0) is 9.47. The largest absolute Gasteiger partial charge is 0.375 e. The molecule has 1 fully saturated rings. The Morgan fingerprint density at radius 1 is 1.62 bits per heavy atom. The van der Waals surface area contributed by atoms with Gasteiger partial charge in [-0.05, 0) is 12.2 Å². The minimum Gasteiger partial charge on any atom is -0.375 e. The maximum Gasteiger partial charge on any atom is 0.180 e. The SMILES string of the molecule is CC1(C)SCCC1c1csc(N)n1. The highest BCUT2D eigenvalue weighted by atomic mass is 32.2. The van der Waals surface area contributed by atoms with Crippen LogP contribution < -0.4 is 5.73 Å². The van der Waals surface area contributed by atoms with Crippen molar-refractivity contribution < 1.29 is 0 Å². The lowest BCUT2D eigenvalue weighted by Crippen LogP contribution is -2.20. The molecule has 0 radical (unpaired) electrons. The molecule has 1 saturated heterocycles. The van der Waals surface area contributed by atoms with E-state index in [1.165, 1.54) is 17.9 Å². The minimum atomic E-state index is 0.334. The molecule has 2 nitrogen and oxygen atoms in total. The van der Waals surface area contributed by atoms with Gasteiger partial charge in [-0.1, -0.05) is 13.8 Å². The Hall–Kier alpha value is -0.220. The Kier molecular flexibility index (Phi) is 2.28. The van der Waals surface area contributed by atoms with Gasteiger partial charge in [-0.25, -0.2) is 4.98 Å². The molecular weight excluding hydrogens is 200 g/mol. The Labute approximate surface area is 86.9 Å². The molecule has 1 atom stereocenters. The molecule has 2 rings (SSSR count). The van der Waals surface area contributed by atoms with Crippen molar-refractivity contribution in [2.45, 2.75) is 30.9 Å². The number of nitrogens with two attached hydrogens (primary N) is 1. The molecule has 2 N–H and O–H groups in total. The average molecular weight is 214 g/mol. The van der Waals surface area contributed by atoms with Crippen molar-refractivity contribution in [1.29, 1.82) is 0 Å². The molecule has 1 aromatic rings. The van der Waals surface area contributed by atoms with Gasteiger partial charge in [0.15, 0.2) is 5.13 Å². The number of rotatable bonds is 1. The van der Waals surface area contributed by atoms with E-state index in [0.29, 0.717) is 15.8 Å². The molecule has 0 aromatic carbocycles. The van der Waals surface area contributed by atoms with Crippen molar-refractivity contribution in [3.63, 3.8) is 0 Å². The molecule has 1 unspecified atom stereocenters. The van der Waals surface area contributed by atoms with Crippen LogP contribution in [0, 0.1) is 0 Å². The van der Waals surface area contributed by atoms with Crippen LogP contribution in [0.1, 0.15) is 31.9 Å². The topological polar surface area (TPSA) is 38.9 Å². The van der Waals surface area contributed by atoms with Crippen molar-refractivity contribution in [1.82, 2.24) is 4.98 Å². The zero-order valence-corrected chi connectivity index (χ0v) is 9.54. The van der Waals surface area contributed by atoms with Gasteiger partial charge in [0.05, 0.1) is 5.69 Å². The molecule has 0 bridgehead atoms. The van der Waals surface area contributed by atoms with Gasteiger partial charge in [0.1, 0.15) is 0 Å². The second kappa shape index (κ2) is 3.17. The first-order chi connectivity index (χ1) is 6.09. The average Bonchev–Trinajstić information content (AvgIpc) is 2.56. The third-order valence-corrected chi connectivity index (χ3v) is 4.78. The summed E-state index contributed by atoms with van der Waals surface area (Å²) in [6.07, 6.45) is 1.24. The van der Waals surface area contributed by atoms with Crippen LogP contribution in [-0.4, -0.2) is 15.5 Å². The Morgan fingerprint density at radius 3 is 2.85 bits per heavy atom. The van der Waals surface area contributed by atoms with E-state index in [-0.39, 0.29) is 0 Å². The molecule has 0 spiro atoms. The zero-order valence-electron chi connectivity index (χ0n) is 7.91. The molecule has 1 aliphatic rings. The van der Waals surface area contributed by atoms with E-state index in [2.05, 4.69) is 24.2 Å². The second-order valence-electron chi connectivity index (χ2n) is 3.90. The van der Waals surface area contributed by atoms with Gasteiger partial charge in [-0.3, -0.25) is 0 Å². The van der Waals surface area contributed by atoms with E-state index in [9.17, 15) is 0 Å². The van der Waals surface area contributed by atoms with Crippen LogP contribution in [0.3, 0.4) is 0 Å². The molecule has 72 valence electrons. The van der Waals surface area contributed by atoms with Crippen LogP contribution in [0.4, 0.5) is 5.13 Å². The number of nitrogens with zero attached hydrogens (tertiary/aromatic N) is 1. The van der Waals surface area contributed by atoms with E-state index in [0.717, 1.165) is 0 Å². The maximum atomic E-state index is 5.64. The number of aromatic nitrogens is 1. The highest BCUT2D eigenvalue weighted by molar-refractivity contribution is 8.00. The van der Waals surface area contributed by atoms with Crippen molar-refractivity contribution in [3.05, 3.63) is 11.1 Å². The van der Waals surface area contributed by atoms with E-state index < -0.39 is 0 Å². The predicted molar refractivity (Wildman–Crippen MR) is 60.4 cm³/mol. The van der Waals surface area contributed by atoms with Crippen LogP contribution in [0.2, 0.25) is 0 Å². The molecule has 1 aromatic heterocycles. The predicted octanol–water partition coefficient (Wildman–Crippen LogP) is 2.72. The fourth-order valence-corrected chi connectivity index (χ4v) is 3.79. The first-order valence-electron chi connectivity index (χ1n) is 4.44. The van der Waals surface area contributed by atoms with Gasteiger partial charge in [-0.2, -0.15) is 11.8 Å². The standard InChI is InChI=1S/C9H14N2S2/c1-9(2)6(3-4-13-9)7-5-12-8(10)11-7/h5-6H,3-4H2,1-2H3,(H2,10,11). The Bertz CT molecular complexity index is 306. The molecule has 4 heteroatoms. The van der Waals surface area contributed by atoms with Gasteiger partial charge in [-0.15, -0.1) is 11.3 Å². The van der Waals surface area contributed by atoms with Gasteiger partial charge >= 0.3 is 0 Å². The molecular formula is C9H14N2S2. The highest BCUT2D eigenvalue weighted by Crippen LogP contribution is 2.48. The van der Waals surface area contributed by atoms with E-state index in [1.807, 2.05) is 11.8 Å². The molecule has 1 aliphatic heterocycles. The molecule has 13 heavy (non-hydrogen) atoms. The molecule has 0 aliphatic carbocycles. The first kappa shape index (κ1) is 9.34. The third-order valence-electron chi connectivity index (χ3n) is 2.62. The lowest BCUT2D eigenvalue weighted by Gasteiger charge is -2.24. The van der Waals surface area contributed by atoms with Gasteiger partial charge < -0.3 is 5.73 Å². The fourth-order valence-electron chi connectivity index (χ4n) is 1.85. The number of thioether (sulfide) groups is 1. The first-order valence-corrected chi connectivity index (χ1v) is 6.31. The summed E-state index contributed by atoms with van der Waals surface area (Å²) in [7, 11) is 0. The van der Waals surface area contributed by atoms with Gasteiger partial charge in [0.25, 0.3) is 0 Å². The summed E-state index contributed by atoms with van der Waals surface area (Å²) in [6.45, 7) is 4.59. The monoisotopic (exact) mass is 214 g/mol. The van der Waals surface area contributed by atoms with Crippen LogP contribution in [0.5, 0.6) is 0 Å². The Morgan fingerprint density at radius 2 is 2.38 bits per heavy atom. The van der Waals surface area contributed by atoms with Crippen LogP contribution in [0.25, 0.3) is 0 Å². The van der Waals surface area contributed by atoms with Crippen molar-refractivity contribution in [2.75, 3.05) is 11.5 Å². The number of nitrogen functional groups attached to an aromatic ring is 1. The maximum absolute atomic E-state index is 5.64. The summed E-state index contributed by atoms with van der Waals surface area (Å²) in [5, 5.41) is 2.80. The van der Waals surface area contributed by atoms with Crippen LogP contribution in [-0.2, 0) is 0 Å². The normalized spacial score (nSPS) is 26.5. The van der Waals surface area contributed by atoms with Crippen molar-refractivity contribution in [2.24, 2.45) is 0 Å². The van der Waals surface area contributed by atoms with Crippen molar-refractivity contribution >= 4 is 28.2 Å². The fraction of sp³-hybridized carbons (Fsp3) is 0.667. The van der Waals surface area contributed by atoms with Gasteiger partial charge in [0.2, 0.25) is 0 Å². The van der Waals surface area contributed by atoms with E-state index in [1.54, 1.807) is 11.3 Å². The lowest BCUT2D eigenvalue weighted by atomic mass is 9.90. The van der Waals surface area contributed by atoms with Crippen LogP contribution in [0.15, 0.2) is 5.38 Å². The molecule has 0 saturated carbocycles. The quantitative estimate of drug-likeness (QED) is 0.781. The summed E-state index contributed by atoms with van der Waals surface area (Å²) in [5.74, 6) is 1.83. The van der Waals surface area contributed by atoms with E-state index in [4.69, 9.17) is 5.73 Å². The lowest BCUT2D eigenvalue weighted by molar-refractivity contribution is 0.551. The molecule has 0 amide bonds. The minimum absolute atomic E-state index is 0.334. The third kappa shape index (κ3) is 1.70. The second-order valence-corrected chi connectivity index (χ2v) is 6.54. The Balaban J connectivity index is 2.26. The summed E-state index contributed by atoms with van der Waals surface area (Å²) >= 11 is 3.58. The highest BCUT2D eigenvalue weighted by Gasteiger charge is 2.37. The van der Waals surface area contributed by atoms with Crippen LogP contribution >= 0.6 is 23.1 Å². The number of hydrogen-bond donors (Lipinski definition) is 1. The summed E-state index contributed by atoms with van der Waals surface area (Å²) < 4.78 is 0.334. The summed E-state index contributed by atoms with van der Waals surface area (Å²) in [5.41, 5.74) is 6.83. The number of hydrogen-bond acceptors (Lipinski definition) is 4. The van der Waals surface area contributed by atoms with Gasteiger partial charge in [0, 0.05) is 16.0 Å². The van der Waals surface area contributed by atoms with Crippen molar-refractivity contribution in [3.8, 4) is 0 Å². The van der Waals surface area contributed by atoms with E-state index >= 15 is 0 Å². The number of thiazole rings is 1.